The van der Waals surface area contributed by atoms with Gasteiger partial charge in [-0.25, -0.2) is 0 Å². The number of nitrogen functional groups attached to an aromatic ring is 1. The summed E-state index contributed by atoms with van der Waals surface area (Å²) in [5, 5.41) is 8.70. The topological polar surface area (TPSA) is 96.2 Å². The smallest absolute Gasteiger partial charge is 0.288 e. The first-order chi connectivity index (χ1) is 15.5. The van der Waals surface area contributed by atoms with Crippen LogP contribution in [0.25, 0.3) is 12.2 Å². The number of carbonyl (C=O) groups excluding carboxylic acids is 2. The average Bonchev–Trinajstić information content (AvgIpc) is 2.81. The normalized spacial score (nSPS) is 12.4. The molecule has 1 amide bonds. The third-order valence-electron chi connectivity index (χ3n) is 4.65. The van der Waals surface area contributed by atoms with Gasteiger partial charge in [0, 0.05) is 29.4 Å². The highest BCUT2D eigenvalue weighted by Gasteiger charge is 2.06. The van der Waals surface area contributed by atoms with Crippen LogP contribution in [-0.2, 0) is 9.59 Å². The summed E-state index contributed by atoms with van der Waals surface area (Å²) in [7, 11) is 1.96. The molecule has 0 saturated carbocycles. The number of carbonyl (C=O) groups is 2. The van der Waals surface area contributed by atoms with E-state index < -0.39 is 5.91 Å². The molecule has 0 aliphatic carbocycles. The molecule has 1 aliphatic rings. The van der Waals surface area contributed by atoms with Crippen molar-refractivity contribution in [1.29, 1.82) is 0 Å². The molecule has 7 heteroatoms. The Morgan fingerprint density at radius 1 is 1.22 bits per heavy atom. The summed E-state index contributed by atoms with van der Waals surface area (Å²) in [6.45, 7) is 3.80. The average molecular weight is 451 g/mol. The molecule has 0 aromatic heterocycles. The summed E-state index contributed by atoms with van der Waals surface area (Å²) in [6, 6.07) is 11.6. The lowest BCUT2D eigenvalue weighted by atomic mass is 10.0. The molecule has 0 saturated heterocycles. The minimum atomic E-state index is -0.683. The van der Waals surface area contributed by atoms with E-state index in [-0.39, 0.29) is 6.29 Å². The number of hydrogen-bond acceptors (Lipinski definition) is 6. The van der Waals surface area contributed by atoms with Crippen LogP contribution in [0.1, 0.15) is 16.7 Å². The summed E-state index contributed by atoms with van der Waals surface area (Å²) in [6.07, 6.45) is 12.4. The Bertz CT molecular complexity index is 1030. The van der Waals surface area contributed by atoms with Gasteiger partial charge in [-0.15, -0.1) is 11.8 Å². The minimum Gasteiger partial charge on any atom is -0.398 e. The lowest BCUT2D eigenvalue weighted by molar-refractivity contribution is -0.127. The third-order valence-corrected chi connectivity index (χ3v) is 5.46. The molecule has 1 aliphatic heterocycles. The maximum absolute atomic E-state index is 11.2. The lowest BCUT2D eigenvalue weighted by Crippen LogP contribution is -2.15. The molecular formula is C25H30N4O2S. The molecule has 0 spiro atoms. The van der Waals surface area contributed by atoms with Gasteiger partial charge in [-0.05, 0) is 73.0 Å². The van der Waals surface area contributed by atoms with Crippen molar-refractivity contribution in [2.75, 3.05) is 37.4 Å². The summed E-state index contributed by atoms with van der Waals surface area (Å²) >= 11 is 1.67. The standard InChI is InChI=1S/C18H18N2O2S.C7H12N2/c1-12-9-15(20-17(22)11-21)10-14(18(12)19)8-7-13-5-3-4-6-16(13)23-2;1-8-6-7-2-4-9-5-3-7/h3-11H,19H2,1-2H3,(H,20,22);2-4,8-9H,5-6H2,1H3/b8-7+;. The van der Waals surface area contributed by atoms with E-state index in [1.807, 2.05) is 56.8 Å². The van der Waals surface area contributed by atoms with Crippen molar-refractivity contribution in [3.63, 3.8) is 0 Å². The molecule has 0 atom stereocenters. The number of nitrogens with two attached hydrogens (primary N) is 1. The summed E-state index contributed by atoms with van der Waals surface area (Å²) in [4.78, 5) is 22.9. The van der Waals surface area contributed by atoms with Crippen molar-refractivity contribution in [3.8, 4) is 0 Å². The predicted octanol–water partition coefficient (Wildman–Crippen LogP) is 3.86. The fourth-order valence-corrected chi connectivity index (χ4v) is 3.60. The SMILES string of the molecule is CNCC1=CCNC=C1.CSc1ccccc1/C=C/c1cc(NC(=O)C=O)cc(C)c1N. The Balaban J connectivity index is 0.000000336. The first-order valence-electron chi connectivity index (χ1n) is 10.2. The highest BCUT2D eigenvalue weighted by atomic mass is 32.2. The molecule has 6 nitrogen and oxygen atoms in total. The van der Waals surface area contributed by atoms with Gasteiger partial charge < -0.3 is 21.7 Å². The van der Waals surface area contributed by atoms with Gasteiger partial charge in [0.15, 0.2) is 0 Å². The van der Waals surface area contributed by atoms with Crippen molar-refractivity contribution in [2.24, 2.45) is 0 Å². The van der Waals surface area contributed by atoms with E-state index in [2.05, 4.69) is 34.2 Å². The Kier molecular flexibility index (Phi) is 10.3. The number of aldehydes is 1. The fraction of sp³-hybridized carbons (Fsp3) is 0.200. The number of benzene rings is 2. The maximum atomic E-state index is 11.2. The van der Waals surface area contributed by atoms with E-state index in [0.717, 1.165) is 29.8 Å². The second-order valence-electron chi connectivity index (χ2n) is 7.03. The number of dihydropyridines is 1. The van der Waals surface area contributed by atoms with Crippen LogP contribution in [-0.4, -0.2) is 38.6 Å². The van der Waals surface area contributed by atoms with Crippen LogP contribution in [0.5, 0.6) is 0 Å². The lowest BCUT2D eigenvalue weighted by Gasteiger charge is -2.10. The van der Waals surface area contributed by atoms with E-state index in [1.165, 1.54) is 10.5 Å². The molecule has 1 heterocycles. The van der Waals surface area contributed by atoms with Crippen molar-refractivity contribution in [3.05, 3.63) is 77.0 Å². The number of likely N-dealkylation sites (N-methyl/N-ethyl adjacent to an activating group) is 1. The van der Waals surface area contributed by atoms with Crippen LogP contribution in [0.2, 0.25) is 0 Å². The monoisotopic (exact) mass is 450 g/mol. The van der Waals surface area contributed by atoms with Gasteiger partial charge in [-0.1, -0.05) is 36.4 Å². The first kappa shape index (κ1) is 25.0. The molecule has 2 aromatic carbocycles. The van der Waals surface area contributed by atoms with Crippen LogP contribution in [0.4, 0.5) is 11.4 Å². The summed E-state index contributed by atoms with van der Waals surface area (Å²) < 4.78 is 0. The van der Waals surface area contributed by atoms with Crippen LogP contribution in [0.3, 0.4) is 0 Å². The second kappa shape index (κ2) is 13.2. The fourth-order valence-electron chi connectivity index (χ4n) is 3.02. The molecule has 0 radical (unpaired) electrons. The minimum absolute atomic E-state index is 0.246. The Morgan fingerprint density at radius 3 is 2.62 bits per heavy atom. The second-order valence-corrected chi connectivity index (χ2v) is 7.88. The van der Waals surface area contributed by atoms with Gasteiger partial charge in [-0.3, -0.25) is 9.59 Å². The van der Waals surface area contributed by atoms with Crippen molar-refractivity contribution >= 4 is 47.5 Å². The van der Waals surface area contributed by atoms with Gasteiger partial charge in [0.25, 0.3) is 5.91 Å². The number of nitrogens with one attached hydrogen (secondary N) is 3. The van der Waals surface area contributed by atoms with Crippen molar-refractivity contribution in [1.82, 2.24) is 10.6 Å². The van der Waals surface area contributed by atoms with Crippen LogP contribution >= 0.6 is 11.8 Å². The van der Waals surface area contributed by atoms with Gasteiger partial charge >= 0.3 is 0 Å². The van der Waals surface area contributed by atoms with Crippen LogP contribution in [0.15, 0.2) is 65.2 Å². The Labute approximate surface area is 194 Å². The van der Waals surface area contributed by atoms with Crippen LogP contribution < -0.4 is 21.7 Å². The quantitative estimate of drug-likeness (QED) is 0.168. The molecule has 0 fully saturated rings. The Hall–Kier alpha value is -3.29. The van der Waals surface area contributed by atoms with Gasteiger partial charge in [0.2, 0.25) is 6.29 Å². The van der Waals surface area contributed by atoms with E-state index in [4.69, 9.17) is 5.73 Å². The zero-order chi connectivity index (χ0) is 23.3. The number of amides is 1. The molecule has 168 valence electrons. The number of aryl methyl sites for hydroxylation is 1. The summed E-state index contributed by atoms with van der Waals surface area (Å²) in [5.41, 5.74) is 11.4. The van der Waals surface area contributed by atoms with E-state index in [0.29, 0.717) is 11.4 Å². The van der Waals surface area contributed by atoms with E-state index in [9.17, 15) is 9.59 Å². The molecule has 5 N–H and O–H groups in total. The van der Waals surface area contributed by atoms with Gasteiger partial charge in [0.05, 0.1) is 0 Å². The molecule has 0 bridgehead atoms. The highest BCUT2D eigenvalue weighted by Crippen LogP contribution is 2.26. The summed E-state index contributed by atoms with van der Waals surface area (Å²) in [5.74, 6) is -0.683. The maximum Gasteiger partial charge on any atom is 0.288 e. The number of anilines is 2. The predicted molar refractivity (Wildman–Crippen MR) is 137 cm³/mol. The Morgan fingerprint density at radius 2 is 1.97 bits per heavy atom. The van der Waals surface area contributed by atoms with Crippen molar-refractivity contribution in [2.45, 2.75) is 11.8 Å². The van der Waals surface area contributed by atoms with E-state index in [1.54, 1.807) is 23.9 Å². The van der Waals surface area contributed by atoms with E-state index >= 15 is 0 Å². The number of thioether (sulfide) groups is 1. The molecular weight excluding hydrogens is 420 g/mol. The zero-order valence-electron chi connectivity index (χ0n) is 18.6. The highest BCUT2D eigenvalue weighted by molar-refractivity contribution is 7.98. The van der Waals surface area contributed by atoms with Crippen molar-refractivity contribution < 1.29 is 9.59 Å². The van der Waals surface area contributed by atoms with Crippen LogP contribution in [0, 0.1) is 6.92 Å². The molecule has 2 aromatic rings. The molecule has 3 rings (SSSR count). The first-order valence-corrected chi connectivity index (χ1v) is 11.4. The molecule has 0 unspecified atom stereocenters. The zero-order valence-corrected chi connectivity index (χ0v) is 19.5. The number of hydrogen-bond donors (Lipinski definition) is 4. The van der Waals surface area contributed by atoms with Gasteiger partial charge in [0.1, 0.15) is 0 Å². The third kappa shape index (κ3) is 7.76. The largest absolute Gasteiger partial charge is 0.398 e. The molecule has 32 heavy (non-hydrogen) atoms. The number of rotatable bonds is 7. The van der Waals surface area contributed by atoms with Gasteiger partial charge in [-0.2, -0.15) is 0 Å².